The molecule has 0 N–H and O–H groups in total. The van der Waals surface area contributed by atoms with E-state index in [0.29, 0.717) is 13.0 Å². The van der Waals surface area contributed by atoms with Gasteiger partial charge in [0.1, 0.15) is 0 Å². The van der Waals surface area contributed by atoms with Crippen molar-refractivity contribution in [3.05, 3.63) is 27.1 Å². The lowest BCUT2D eigenvalue weighted by Gasteiger charge is -2.36. The minimum Gasteiger partial charge on any atom is -0.298 e. The fourth-order valence-electron chi connectivity index (χ4n) is 3.03. The van der Waals surface area contributed by atoms with E-state index >= 15 is 0 Å². The molecule has 21 heavy (non-hydrogen) atoms. The van der Waals surface area contributed by atoms with Gasteiger partial charge in [0.05, 0.1) is 10.2 Å². The Morgan fingerprint density at radius 3 is 2.67 bits per heavy atom. The van der Waals surface area contributed by atoms with Gasteiger partial charge in [-0.05, 0) is 25.5 Å². The molecule has 1 aromatic heterocycles. The van der Waals surface area contributed by atoms with Crippen LogP contribution in [0, 0.1) is 10.1 Å². The molecule has 1 fully saturated rings. The summed E-state index contributed by atoms with van der Waals surface area (Å²) in [4.78, 5) is 12.3. The highest BCUT2D eigenvalue weighted by Gasteiger charge is 2.35. The molecule has 0 aliphatic heterocycles. The molecular formula is C13H20N2O4S2. The Balaban J connectivity index is 2.10. The normalized spacial score (nSPS) is 23.4. The zero-order valence-corrected chi connectivity index (χ0v) is 13.8. The molecule has 0 spiro atoms. The van der Waals surface area contributed by atoms with Crippen molar-refractivity contribution in [3.63, 3.8) is 0 Å². The predicted octanol–water partition coefficient (Wildman–Crippen LogP) is 2.44. The van der Waals surface area contributed by atoms with Gasteiger partial charge in [0, 0.05) is 30.3 Å². The summed E-state index contributed by atoms with van der Waals surface area (Å²) in [7, 11) is -1.17. The first-order valence-corrected chi connectivity index (χ1v) is 9.73. The van der Waals surface area contributed by atoms with Crippen LogP contribution in [-0.4, -0.2) is 42.8 Å². The first-order valence-electron chi connectivity index (χ1n) is 6.90. The van der Waals surface area contributed by atoms with E-state index in [-0.39, 0.29) is 16.3 Å². The van der Waals surface area contributed by atoms with Crippen molar-refractivity contribution in [2.45, 2.75) is 43.5 Å². The summed E-state index contributed by atoms with van der Waals surface area (Å²) in [5.41, 5.74) is 0.868. The Hall–Kier alpha value is -0.990. The third-order valence-electron chi connectivity index (χ3n) is 4.04. The van der Waals surface area contributed by atoms with Crippen molar-refractivity contribution in [1.82, 2.24) is 4.90 Å². The molecule has 6 nitrogen and oxygen atoms in total. The van der Waals surface area contributed by atoms with Crippen LogP contribution in [0.3, 0.4) is 0 Å². The summed E-state index contributed by atoms with van der Waals surface area (Å²) < 4.78 is 23.9. The average Bonchev–Trinajstić information content (AvgIpc) is 2.86. The molecule has 0 aromatic carbocycles. The minimum atomic E-state index is -3.07. The van der Waals surface area contributed by atoms with Crippen LogP contribution in [0.5, 0.6) is 0 Å². The Kier molecular flexibility index (Phi) is 5.00. The predicted molar refractivity (Wildman–Crippen MR) is 83.3 cm³/mol. The van der Waals surface area contributed by atoms with Gasteiger partial charge in [0.25, 0.3) is 0 Å². The van der Waals surface area contributed by atoms with Gasteiger partial charge in [-0.15, -0.1) is 0 Å². The highest BCUT2D eigenvalue weighted by Crippen LogP contribution is 2.29. The Morgan fingerprint density at radius 1 is 1.43 bits per heavy atom. The number of nitro groups is 1. The zero-order chi connectivity index (χ0) is 15.6. The summed E-state index contributed by atoms with van der Waals surface area (Å²) in [6, 6.07) is 1.56. The van der Waals surface area contributed by atoms with E-state index in [0.717, 1.165) is 36.2 Å². The van der Waals surface area contributed by atoms with Crippen LogP contribution >= 0.6 is 11.3 Å². The van der Waals surface area contributed by atoms with E-state index < -0.39 is 14.8 Å². The number of sulfone groups is 1. The van der Waals surface area contributed by atoms with Crippen molar-refractivity contribution in [3.8, 4) is 0 Å². The van der Waals surface area contributed by atoms with Crippen molar-refractivity contribution in [2.75, 3.05) is 13.3 Å². The number of thiophene rings is 1. The van der Waals surface area contributed by atoms with E-state index in [4.69, 9.17) is 0 Å². The second-order valence-electron chi connectivity index (χ2n) is 5.69. The molecule has 0 unspecified atom stereocenters. The summed E-state index contributed by atoms with van der Waals surface area (Å²) in [5, 5.41) is 12.3. The van der Waals surface area contributed by atoms with E-state index in [1.54, 1.807) is 11.4 Å². The van der Waals surface area contributed by atoms with Crippen LogP contribution < -0.4 is 0 Å². The van der Waals surface area contributed by atoms with Crippen LogP contribution in [0.1, 0.15) is 31.2 Å². The summed E-state index contributed by atoms with van der Waals surface area (Å²) >= 11 is 1.11. The van der Waals surface area contributed by atoms with Gasteiger partial charge in [0.2, 0.25) is 0 Å². The van der Waals surface area contributed by atoms with Crippen LogP contribution in [0.25, 0.3) is 0 Å². The lowest BCUT2D eigenvalue weighted by Crippen LogP contribution is -2.46. The largest absolute Gasteiger partial charge is 0.324 e. The molecule has 0 radical (unpaired) electrons. The zero-order valence-electron chi connectivity index (χ0n) is 12.2. The monoisotopic (exact) mass is 332 g/mol. The van der Waals surface area contributed by atoms with Gasteiger partial charge in [-0.3, -0.25) is 15.0 Å². The van der Waals surface area contributed by atoms with Crippen molar-refractivity contribution < 1.29 is 13.3 Å². The fourth-order valence-corrected chi connectivity index (χ4v) is 5.26. The molecule has 1 saturated carbocycles. The van der Waals surface area contributed by atoms with Gasteiger partial charge in [0.15, 0.2) is 9.84 Å². The van der Waals surface area contributed by atoms with Gasteiger partial charge in [-0.25, -0.2) is 8.42 Å². The van der Waals surface area contributed by atoms with E-state index in [2.05, 4.69) is 0 Å². The Labute approximate surface area is 128 Å². The molecule has 8 heteroatoms. The van der Waals surface area contributed by atoms with E-state index in [9.17, 15) is 18.5 Å². The maximum atomic E-state index is 11.9. The molecular weight excluding hydrogens is 312 g/mol. The van der Waals surface area contributed by atoms with Crippen LogP contribution in [0.15, 0.2) is 11.4 Å². The highest BCUT2D eigenvalue weighted by molar-refractivity contribution is 7.91. The molecule has 1 heterocycles. The summed E-state index contributed by atoms with van der Waals surface area (Å²) in [6.45, 7) is 0.543. The first-order chi connectivity index (χ1) is 9.79. The number of hydrogen-bond donors (Lipinski definition) is 0. The molecule has 0 saturated heterocycles. The van der Waals surface area contributed by atoms with E-state index in [1.807, 2.05) is 11.9 Å². The van der Waals surface area contributed by atoms with Gasteiger partial charge >= 0.3 is 5.00 Å². The quantitative estimate of drug-likeness (QED) is 0.611. The smallest absolute Gasteiger partial charge is 0.298 e. The van der Waals surface area contributed by atoms with Crippen LogP contribution in [0.4, 0.5) is 5.00 Å². The second kappa shape index (κ2) is 6.41. The van der Waals surface area contributed by atoms with E-state index in [1.165, 1.54) is 6.26 Å². The average molecular weight is 332 g/mol. The molecule has 1 aliphatic carbocycles. The highest BCUT2D eigenvalue weighted by atomic mass is 32.2. The van der Waals surface area contributed by atoms with Gasteiger partial charge in [-0.2, -0.15) is 0 Å². The topological polar surface area (TPSA) is 80.5 Å². The minimum absolute atomic E-state index is 0.00675. The van der Waals surface area contributed by atoms with Gasteiger partial charge < -0.3 is 0 Å². The van der Waals surface area contributed by atoms with Crippen LogP contribution in [-0.2, 0) is 16.4 Å². The SMILES string of the molecule is CN(Cc1csc([N+](=O)[O-])c1)[C@H]1CCCC[C@@H]1S(C)(=O)=O. The molecule has 0 bridgehead atoms. The summed E-state index contributed by atoms with van der Waals surface area (Å²) in [5.74, 6) is 0. The Morgan fingerprint density at radius 2 is 2.10 bits per heavy atom. The molecule has 2 rings (SSSR count). The summed E-state index contributed by atoms with van der Waals surface area (Å²) in [6.07, 6.45) is 4.86. The first kappa shape index (κ1) is 16.4. The third-order valence-corrected chi connectivity index (χ3v) is 6.61. The standard InChI is InChI=1S/C13H20N2O4S2/c1-14(8-10-7-13(15(16)17)20-9-10)11-5-3-4-6-12(11)21(2,18)19/h7,9,11-12H,3-6,8H2,1-2H3/t11-,12-/m0/s1. The van der Waals surface area contributed by atoms with Crippen molar-refractivity contribution in [2.24, 2.45) is 0 Å². The number of nitrogens with zero attached hydrogens (tertiary/aromatic N) is 2. The molecule has 0 amide bonds. The maximum Gasteiger partial charge on any atom is 0.324 e. The number of rotatable bonds is 5. The molecule has 118 valence electrons. The van der Waals surface area contributed by atoms with Crippen molar-refractivity contribution in [1.29, 1.82) is 0 Å². The maximum absolute atomic E-state index is 11.9. The second-order valence-corrected chi connectivity index (χ2v) is 8.84. The van der Waals surface area contributed by atoms with Gasteiger partial charge in [-0.1, -0.05) is 24.2 Å². The van der Waals surface area contributed by atoms with Crippen LogP contribution in [0.2, 0.25) is 0 Å². The Bertz CT molecular complexity index is 611. The fraction of sp³-hybridized carbons (Fsp3) is 0.692. The van der Waals surface area contributed by atoms with Crippen molar-refractivity contribution >= 4 is 26.2 Å². The lowest BCUT2D eigenvalue weighted by atomic mass is 9.93. The molecule has 1 aliphatic rings. The molecule has 2 atom stereocenters. The number of hydrogen-bond acceptors (Lipinski definition) is 6. The lowest BCUT2D eigenvalue weighted by molar-refractivity contribution is -0.380. The molecule has 1 aromatic rings. The third kappa shape index (κ3) is 4.02.